The van der Waals surface area contributed by atoms with Crippen LogP contribution in [0.2, 0.25) is 0 Å². The van der Waals surface area contributed by atoms with Crippen molar-refractivity contribution in [3.05, 3.63) is 277 Å². The molecule has 0 amide bonds. The van der Waals surface area contributed by atoms with Crippen LogP contribution in [0.5, 0.6) is 0 Å². The minimum absolute atomic E-state index is 0.163. The van der Waals surface area contributed by atoms with Crippen molar-refractivity contribution in [3.63, 3.8) is 0 Å². The van der Waals surface area contributed by atoms with Crippen molar-refractivity contribution in [1.29, 1.82) is 0 Å². The maximum Gasteiger partial charge on any atom is 0.0972 e. The lowest BCUT2D eigenvalue weighted by Gasteiger charge is -2.22. The molecule has 15 aromatic rings. The molecule has 17 rings (SSSR count). The largest absolute Gasteiger partial charge is 0.309 e. The van der Waals surface area contributed by atoms with Gasteiger partial charge in [-0.25, -0.2) is 9.97 Å². The predicted molar refractivity (Wildman–Crippen MR) is 352 cm³/mol. The zero-order valence-electron chi connectivity index (χ0n) is 47.7. The zero-order valence-corrected chi connectivity index (χ0v) is 47.7. The molecule has 0 saturated heterocycles. The van der Waals surface area contributed by atoms with Gasteiger partial charge in [0.25, 0.3) is 0 Å². The number of rotatable bonds is 7. The van der Waals surface area contributed by atoms with E-state index >= 15 is 0 Å². The van der Waals surface area contributed by atoms with Crippen LogP contribution in [0.4, 0.5) is 0 Å². The summed E-state index contributed by atoms with van der Waals surface area (Å²) in [6.07, 6.45) is 0.994. The van der Waals surface area contributed by atoms with Gasteiger partial charge in [0.15, 0.2) is 0 Å². The van der Waals surface area contributed by atoms with Crippen LogP contribution in [0.1, 0.15) is 62.4 Å². The summed E-state index contributed by atoms with van der Waals surface area (Å²) < 4.78 is 4.80. The predicted octanol–water partition coefficient (Wildman–Crippen LogP) is 20.8. The van der Waals surface area contributed by atoms with Crippen LogP contribution in [0.15, 0.2) is 249 Å². The van der Waals surface area contributed by atoms with Crippen molar-refractivity contribution in [2.24, 2.45) is 0 Å². The average Bonchev–Trinajstić information content (AvgIpc) is 1.80. The monoisotopic (exact) mass is 1070 g/mol. The Kier molecular flexibility index (Phi) is 10.4. The fraction of sp³-hybridized carbons (Fsp3) is 0.100. The molecule has 0 unspecified atom stereocenters. The first-order chi connectivity index (χ1) is 41.1. The van der Waals surface area contributed by atoms with E-state index in [1.165, 1.54) is 93.7 Å². The van der Waals surface area contributed by atoms with Gasteiger partial charge in [-0.2, -0.15) is 0 Å². The molecule has 2 aliphatic carbocycles. The molecule has 0 spiro atoms. The molecular weight excluding hydrogens is 1020 g/mol. The summed E-state index contributed by atoms with van der Waals surface area (Å²) in [6, 6.07) is 92.5. The van der Waals surface area contributed by atoms with E-state index in [9.17, 15) is 0 Å². The fourth-order valence-electron chi connectivity index (χ4n) is 14.8. The van der Waals surface area contributed by atoms with Crippen molar-refractivity contribution in [2.45, 2.75) is 51.9 Å². The highest BCUT2D eigenvalue weighted by Gasteiger charge is 2.37. The van der Waals surface area contributed by atoms with Crippen LogP contribution < -0.4 is 0 Å². The third kappa shape index (κ3) is 7.01. The lowest BCUT2D eigenvalue weighted by molar-refractivity contribution is 0.660. The molecule has 4 heteroatoms. The number of hydrogen-bond donors (Lipinski definition) is 0. The van der Waals surface area contributed by atoms with Gasteiger partial charge >= 0.3 is 0 Å². The summed E-state index contributed by atoms with van der Waals surface area (Å²) in [5, 5.41) is 7.12. The summed E-state index contributed by atoms with van der Waals surface area (Å²) in [5.74, 6) is 0. The topological polar surface area (TPSA) is 35.6 Å². The Morgan fingerprint density at radius 3 is 1.14 bits per heavy atom. The molecule has 398 valence electrons. The Hall–Kier alpha value is -10.2. The first-order valence-corrected chi connectivity index (χ1v) is 29.6. The molecule has 2 aliphatic rings. The van der Waals surface area contributed by atoms with Gasteiger partial charge in [0, 0.05) is 76.8 Å². The van der Waals surface area contributed by atoms with Crippen molar-refractivity contribution in [1.82, 2.24) is 19.1 Å². The van der Waals surface area contributed by atoms with Gasteiger partial charge < -0.3 is 9.13 Å². The van der Waals surface area contributed by atoms with Crippen LogP contribution >= 0.6 is 0 Å². The van der Waals surface area contributed by atoms with E-state index in [0.717, 1.165) is 84.4 Å². The van der Waals surface area contributed by atoms with Gasteiger partial charge in [-0.3, -0.25) is 0 Å². The minimum Gasteiger partial charge on any atom is -0.309 e. The van der Waals surface area contributed by atoms with Gasteiger partial charge in [0.2, 0.25) is 0 Å². The number of para-hydroxylation sites is 3. The Labute approximate surface area is 488 Å². The maximum absolute atomic E-state index is 5.89. The van der Waals surface area contributed by atoms with Gasteiger partial charge in [0.05, 0.1) is 44.5 Å². The molecule has 0 saturated carbocycles. The molecule has 0 bridgehead atoms. The zero-order chi connectivity index (χ0) is 56.2. The van der Waals surface area contributed by atoms with E-state index < -0.39 is 0 Å². The second kappa shape index (κ2) is 17.9. The Morgan fingerprint density at radius 1 is 0.310 bits per heavy atom. The van der Waals surface area contributed by atoms with Crippen molar-refractivity contribution in [2.75, 3.05) is 0 Å². The molecule has 4 heterocycles. The van der Waals surface area contributed by atoms with E-state index in [-0.39, 0.29) is 10.8 Å². The summed E-state index contributed by atoms with van der Waals surface area (Å²) in [6.45, 7) is 11.7. The number of aromatic nitrogens is 4. The van der Waals surface area contributed by atoms with Crippen molar-refractivity contribution >= 4 is 65.4 Å². The second-order valence-electron chi connectivity index (χ2n) is 24.4. The first-order valence-electron chi connectivity index (χ1n) is 29.6. The van der Waals surface area contributed by atoms with Crippen molar-refractivity contribution in [3.8, 4) is 78.4 Å². The van der Waals surface area contributed by atoms with E-state index in [0.29, 0.717) is 0 Å². The smallest absolute Gasteiger partial charge is 0.0972 e. The number of hydrogen-bond acceptors (Lipinski definition) is 2. The number of fused-ring (bicyclic) bond motifs is 15. The summed E-state index contributed by atoms with van der Waals surface area (Å²) in [4.78, 5) is 11.8. The van der Waals surface area contributed by atoms with Gasteiger partial charge in [-0.15, -0.1) is 0 Å². The van der Waals surface area contributed by atoms with Gasteiger partial charge in [-0.05, 0) is 146 Å². The molecule has 0 atom stereocenters. The third-order valence-electron chi connectivity index (χ3n) is 19.1. The quantitative estimate of drug-likeness (QED) is 0.149. The highest BCUT2D eigenvalue weighted by molar-refractivity contribution is 6.12. The molecule has 4 aromatic heterocycles. The average molecular weight is 1080 g/mol. The van der Waals surface area contributed by atoms with E-state index in [4.69, 9.17) is 9.97 Å². The second-order valence-corrected chi connectivity index (χ2v) is 24.4. The highest BCUT2D eigenvalue weighted by atomic mass is 15.0. The first kappa shape index (κ1) is 48.5. The van der Waals surface area contributed by atoms with Crippen LogP contribution in [0.3, 0.4) is 0 Å². The van der Waals surface area contributed by atoms with E-state index in [1.807, 2.05) is 0 Å². The highest BCUT2D eigenvalue weighted by Crippen LogP contribution is 2.52. The summed E-state index contributed by atoms with van der Waals surface area (Å²) in [5.41, 5.74) is 28.8. The SMILES string of the molecule is CCc1ccc2c(c1)c1ccccc1n2-c1ccc(-c2nc3c(ccc4cc(-c5ccc6c(c5)C(C)(C)c5ccccc5-6)c(-c5ccc(-n6c7ccccc7c7ccccc76)cc5)nc43)cc2-c2ccc3c(c2)C(C)(C)c2ccccc2-3)cc1. The number of aryl methyl sites for hydroxylation is 1. The van der Waals surface area contributed by atoms with Crippen LogP contribution in [-0.4, -0.2) is 19.1 Å². The Balaban J connectivity index is 0.879. The molecule has 11 aromatic carbocycles. The molecule has 0 radical (unpaired) electrons. The van der Waals surface area contributed by atoms with E-state index in [2.05, 4.69) is 292 Å². The molecule has 0 fully saturated rings. The minimum atomic E-state index is -0.164. The normalized spacial score (nSPS) is 13.8. The number of nitrogens with zero attached hydrogens (tertiary/aromatic N) is 4. The van der Waals surface area contributed by atoms with E-state index in [1.54, 1.807) is 0 Å². The van der Waals surface area contributed by atoms with Crippen molar-refractivity contribution < 1.29 is 0 Å². The van der Waals surface area contributed by atoms with Crippen LogP contribution in [-0.2, 0) is 17.3 Å². The van der Waals surface area contributed by atoms with Crippen LogP contribution in [0.25, 0.3) is 144 Å². The Morgan fingerprint density at radius 2 is 0.690 bits per heavy atom. The number of benzene rings is 11. The maximum atomic E-state index is 5.89. The molecule has 4 nitrogen and oxygen atoms in total. The lowest BCUT2D eigenvalue weighted by Crippen LogP contribution is -2.15. The summed E-state index contributed by atoms with van der Waals surface area (Å²) in [7, 11) is 0. The lowest BCUT2D eigenvalue weighted by atomic mass is 9.81. The molecule has 0 N–H and O–H groups in total. The molecule has 0 aliphatic heterocycles. The number of pyridine rings is 2. The van der Waals surface area contributed by atoms with Gasteiger partial charge in [-0.1, -0.05) is 204 Å². The van der Waals surface area contributed by atoms with Crippen LogP contribution in [0, 0.1) is 0 Å². The third-order valence-corrected chi connectivity index (χ3v) is 19.1. The molecular formula is C80H58N4. The summed E-state index contributed by atoms with van der Waals surface area (Å²) >= 11 is 0. The molecule has 84 heavy (non-hydrogen) atoms. The standard InChI is InChI=1S/C80H58N4/c1-6-48-27-42-74-66(43-48)63-21-11-16-26-73(63)84(74)56-38-32-50(33-39-56)76-65(52-35-41-60-58-18-8-13-23-68(58)80(4,5)70(60)47-52)45-54-29-28-53-44-64(51-34-40-59-57-17-7-12-22-67(57)79(2,3)69(59)46-51)75(81-77(53)78(54)82-76)49-30-36-55(37-31-49)83-71-24-14-9-19-61(71)62-20-10-15-25-72(62)83/h7-47H,6H2,1-5H3. The van der Waals surface area contributed by atoms with Gasteiger partial charge in [0.1, 0.15) is 0 Å². The Bertz CT molecular complexity index is 5230. The fourth-order valence-corrected chi connectivity index (χ4v) is 14.8.